The van der Waals surface area contributed by atoms with E-state index < -0.39 is 11.4 Å². The topological polar surface area (TPSA) is 68.0 Å². The zero-order chi connectivity index (χ0) is 15.5. The van der Waals surface area contributed by atoms with Crippen LogP contribution in [0.1, 0.15) is 58.7 Å². The average molecular weight is 293 g/mol. The summed E-state index contributed by atoms with van der Waals surface area (Å²) in [5.41, 5.74) is -0.649. The van der Waals surface area contributed by atoms with Gasteiger partial charge in [-0.1, -0.05) is 20.8 Å². The molecule has 0 aromatic carbocycles. The zero-order valence-electron chi connectivity index (χ0n) is 13.4. The molecule has 5 nitrogen and oxygen atoms in total. The molecule has 2 rings (SSSR count). The third kappa shape index (κ3) is 3.44. The van der Waals surface area contributed by atoms with Crippen LogP contribution in [0, 0.1) is 17.3 Å². The van der Waals surface area contributed by atoms with Crippen LogP contribution in [0.5, 0.6) is 0 Å². The van der Waals surface area contributed by atoms with Gasteiger partial charge >= 0.3 is 5.97 Å². The van der Waals surface area contributed by atoms with Gasteiger partial charge in [-0.25, -0.2) is 4.98 Å². The lowest BCUT2D eigenvalue weighted by atomic mass is 9.66. The first-order chi connectivity index (χ1) is 9.98. The molecule has 21 heavy (non-hydrogen) atoms. The highest BCUT2D eigenvalue weighted by Crippen LogP contribution is 2.43. The summed E-state index contributed by atoms with van der Waals surface area (Å²) in [6, 6.07) is 0. The summed E-state index contributed by atoms with van der Waals surface area (Å²) in [4.78, 5) is 16.2. The van der Waals surface area contributed by atoms with Gasteiger partial charge in [0.2, 0.25) is 0 Å². The number of nitrogens with zero attached hydrogens (tertiary/aromatic N) is 3. The molecule has 0 radical (unpaired) electrons. The highest BCUT2D eigenvalue weighted by Gasteiger charge is 2.43. The van der Waals surface area contributed by atoms with Gasteiger partial charge in [-0.05, 0) is 43.9 Å². The summed E-state index contributed by atoms with van der Waals surface area (Å²) in [6.45, 7) is 7.36. The molecule has 0 unspecified atom stereocenters. The molecule has 118 valence electrons. The predicted molar refractivity (Wildman–Crippen MR) is 80.9 cm³/mol. The van der Waals surface area contributed by atoms with Crippen molar-refractivity contribution in [3.05, 3.63) is 12.2 Å². The van der Waals surface area contributed by atoms with Gasteiger partial charge in [0.15, 0.2) is 0 Å². The number of rotatable bonds is 6. The molecule has 1 fully saturated rings. The van der Waals surface area contributed by atoms with E-state index in [9.17, 15) is 9.90 Å². The normalized spacial score (nSPS) is 26.2. The molecule has 5 heteroatoms. The van der Waals surface area contributed by atoms with E-state index in [2.05, 4.69) is 30.9 Å². The van der Waals surface area contributed by atoms with E-state index in [0.717, 1.165) is 44.5 Å². The maximum absolute atomic E-state index is 11.9. The summed E-state index contributed by atoms with van der Waals surface area (Å²) < 4.78 is 1.86. The van der Waals surface area contributed by atoms with E-state index in [4.69, 9.17) is 0 Å². The van der Waals surface area contributed by atoms with Crippen molar-refractivity contribution in [3.8, 4) is 0 Å². The minimum absolute atomic E-state index is 0.507. The van der Waals surface area contributed by atoms with E-state index in [1.165, 1.54) is 0 Å². The second kappa shape index (κ2) is 6.58. The molecule has 1 aromatic heterocycles. The van der Waals surface area contributed by atoms with Gasteiger partial charge in [0.05, 0.1) is 5.41 Å². The first-order valence-corrected chi connectivity index (χ1v) is 8.08. The number of hydrogen-bond donors (Lipinski definition) is 1. The van der Waals surface area contributed by atoms with Crippen LogP contribution >= 0.6 is 0 Å². The number of carboxylic acid groups (broad SMARTS) is 1. The Morgan fingerprint density at radius 2 is 2.14 bits per heavy atom. The fourth-order valence-corrected chi connectivity index (χ4v) is 3.45. The highest BCUT2D eigenvalue weighted by atomic mass is 16.4. The van der Waals surface area contributed by atoms with Crippen molar-refractivity contribution < 1.29 is 9.90 Å². The monoisotopic (exact) mass is 293 g/mol. The Hall–Kier alpha value is -1.39. The maximum Gasteiger partial charge on any atom is 0.310 e. The van der Waals surface area contributed by atoms with Crippen molar-refractivity contribution in [2.24, 2.45) is 17.3 Å². The molecule has 0 saturated heterocycles. The quantitative estimate of drug-likeness (QED) is 0.875. The number of hydrogen-bond acceptors (Lipinski definition) is 3. The molecule has 0 bridgehead atoms. The fourth-order valence-electron chi connectivity index (χ4n) is 3.45. The minimum atomic E-state index is -0.671. The van der Waals surface area contributed by atoms with E-state index in [-0.39, 0.29) is 0 Å². The number of aliphatic carboxylic acids is 1. The van der Waals surface area contributed by atoms with Crippen LogP contribution in [0.2, 0.25) is 0 Å². The van der Waals surface area contributed by atoms with Crippen LogP contribution in [0.15, 0.2) is 6.33 Å². The lowest BCUT2D eigenvalue weighted by Crippen LogP contribution is -2.39. The van der Waals surface area contributed by atoms with E-state index in [1.54, 1.807) is 6.33 Å². The smallest absolute Gasteiger partial charge is 0.310 e. The Labute approximate surface area is 126 Å². The summed E-state index contributed by atoms with van der Waals surface area (Å²) in [5, 5.41) is 14.0. The molecule has 0 atom stereocenters. The number of carbonyl (C=O) groups is 1. The van der Waals surface area contributed by atoms with E-state index in [1.807, 2.05) is 4.68 Å². The Kier molecular flexibility index (Phi) is 5.01. The zero-order valence-corrected chi connectivity index (χ0v) is 13.4. The predicted octanol–water partition coefficient (Wildman–Crippen LogP) is 3.15. The van der Waals surface area contributed by atoms with Crippen molar-refractivity contribution in [2.45, 2.75) is 65.8 Å². The van der Waals surface area contributed by atoms with Crippen molar-refractivity contribution in [1.82, 2.24) is 14.8 Å². The standard InChI is InChI=1S/C16H27N3O2/c1-4-9-19-14(17-11-18-19)10-16(15(20)21)7-5-13(6-8-16)12(2)3/h11-13H,4-10H2,1-3H3,(H,20,21). The number of aryl methyl sites for hydroxylation is 1. The summed E-state index contributed by atoms with van der Waals surface area (Å²) >= 11 is 0. The Bertz CT molecular complexity index is 474. The summed E-state index contributed by atoms with van der Waals surface area (Å²) in [5.74, 6) is 1.45. The van der Waals surface area contributed by atoms with E-state index in [0.29, 0.717) is 18.3 Å². The van der Waals surface area contributed by atoms with Gasteiger partial charge in [0.1, 0.15) is 12.2 Å². The third-order valence-corrected chi connectivity index (χ3v) is 5.01. The molecule has 0 amide bonds. The van der Waals surface area contributed by atoms with E-state index >= 15 is 0 Å². The van der Waals surface area contributed by atoms with Crippen LogP contribution in [0.25, 0.3) is 0 Å². The van der Waals surface area contributed by atoms with Gasteiger partial charge in [-0.2, -0.15) is 5.10 Å². The summed E-state index contributed by atoms with van der Waals surface area (Å²) in [7, 11) is 0. The molecule has 1 N–H and O–H groups in total. The van der Waals surface area contributed by atoms with Crippen molar-refractivity contribution in [1.29, 1.82) is 0 Å². The fraction of sp³-hybridized carbons (Fsp3) is 0.812. The van der Waals surface area contributed by atoms with Crippen molar-refractivity contribution in [2.75, 3.05) is 0 Å². The van der Waals surface area contributed by atoms with Crippen LogP contribution in [0.3, 0.4) is 0 Å². The molecule has 1 saturated carbocycles. The summed E-state index contributed by atoms with van der Waals surface area (Å²) in [6.07, 6.45) is 6.55. The number of carboxylic acids is 1. The van der Waals surface area contributed by atoms with Gasteiger partial charge in [-0.15, -0.1) is 0 Å². The average Bonchev–Trinajstić information content (AvgIpc) is 2.87. The first-order valence-electron chi connectivity index (χ1n) is 8.08. The second-order valence-electron chi connectivity index (χ2n) is 6.74. The minimum Gasteiger partial charge on any atom is -0.481 e. The molecule has 0 spiro atoms. The first kappa shape index (κ1) is 16.0. The molecule has 1 aromatic rings. The number of aromatic nitrogens is 3. The second-order valence-corrected chi connectivity index (χ2v) is 6.74. The SMILES string of the molecule is CCCn1ncnc1CC1(C(=O)O)CCC(C(C)C)CC1. The Morgan fingerprint density at radius 1 is 1.48 bits per heavy atom. The van der Waals surface area contributed by atoms with Gasteiger partial charge in [-0.3, -0.25) is 9.48 Å². The van der Waals surface area contributed by atoms with Crippen molar-refractivity contribution >= 4 is 5.97 Å². The lowest BCUT2D eigenvalue weighted by molar-refractivity contribution is -0.152. The third-order valence-electron chi connectivity index (χ3n) is 5.01. The largest absolute Gasteiger partial charge is 0.481 e. The van der Waals surface area contributed by atoms with Crippen LogP contribution < -0.4 is 0 Å². The molecular weight excluding hydrogens is 266 g/mol. The molecular formula is C16H27N3O2. The van der Waals surface area contributed by atoms with Gasteiger partial charge < -0.3 is 5.11 Å². The Balaban J connectivity index is 2.13. The Morgan fingerprint density at radius 3 is 2.67 bits per heavy atom. The van der Waals surface area contributed by atoms with Gasteiger partial charge in [0.25, 0.3) is 0 Å². The molecule has 0 aliphatic heterocycles. The molecule has 1 aliphatic rings. The van der Waals surface area contributed by atoms with Crippen LogP contribution in [0.4, 0.5) is 0 Å². The van der Waals surface area contributed by atoms with Gasteiger partial charge in [0, 0.05) is 13.0 Å². The molecule has 1 heterocycles. The van der Waals surface area contributed by atoms with Crippen LogP contribution in [-0.4, -0.2) is 25.8 Å². The van der Waals surface area contributed by atoms with Crippen LogP contribution in [-0.2, 0) is 17.8 Å². The maximum atomic E-state index is 11.9. The lowest BCUT2D eigenvalue weighted by Gasteiger charge is -2.38. The van der Waals surface area contributed by atoms with Crippen molar-refractivity contribution in [3.63, 3.8) is 0 Å². The highest BCUT2D eigenvalue weighted by molar-refractivity contribution is 5.75. The molecule has 1 aliphatic carbocycles.